The maximum absolute atomic E-state index is 13.9. The number of aryl methyl sites for hydroxylation is 2. The first-order valence-electron chi connectivity index (χ1n) is 18.5. The van der Waals surface area contributed by atoms with Crippen molar-refractivity contribution in [3.63, 3.8) is 0 Å². The highest BCUT2D eigenvalue weighted by atomic mass is 32.2. The van der Waals surface area contributed by atoms with Gasteiger partial charge in [-0.1, -0.05) is 84.4 Å². The maximum Gasteiger partial charge on any atom is 0.474 e. The second-order valence-corrected chi connectivity index (χ2v) is 21.5. The molecule has 0 radical (unpaired) electrons. The fourth-order valence-electron chi connectivity index (χ4n) is 7.75. The number of ketones is 3. The third-order valence-corrected chi connectivity index (χ3v) is 19.2. The topological polar surface area (TPSA) is 60.4 Å². The van der Waals surface area contributed by atoms with E-state index in [4.69, 9.17) is 4.74 Å². The van der Waals surface area contributed by atoms with Gasteiger partial charge in [0.2, 0.25) is 16.3 Å². The first-order valence-corrected chi connectivity index (χ1v) is 23.3. The summed E-state index contributed by atoms with van der Waals surface area (Å²) >= 11 is 0. The van der Waals surface area contributed by atoms with Gasteiger partial charge in [0.15, 0.2) is 5.25 Å². The zero-order valence-corrected chi connectivity index (χ0v) is 32.2. The monoisotopic (exact) mass is 753 g/mol. The molecule has 9 heteroatoms. The molecule has 0 saturated carbocycles. The van der Waals surface area contributed by atoms with Crippen molar-refractivity contribution in [3.05, 3.63) is 107 Å². The van der Waals surface area contributed by atoms with E-state index in [2.05, 4.69) is 13.0 Å². The Bertz CT molecular complexity index is 1620. The molecule has 1 aliphatic carbocycles. The summed E-state index contributed by atoms with van der Waals surface area (Å²) in [6.07, 6.45) is 10.0. The van der Waals surface area contributed by atoms with Crippen LogP contribution >= 0.6 is 0 Å². The van der Waals surface area contributed by atoms with E-state index in [0.717, 1.165) is 49.8 Å². The zero-order valence-electron chi connectivity index (χ0n) is 29.7. The van der Waals surface area contributed by atoms with Crippen LogP contribution in [0, 0.1) is 6.92 Å². The van der Waals surface area contributed by atoms with Gasteiger partial charge in [0, 0.05) is 40.4 Å². The molecular weight excluding hydrogens is 703 g/mol. The summed E-state index contributed by atoms with van der Waals surface area (Å²) in [6.45, 7) is 3.45. The number of hydrogen-bond acceptors (Lipinski definition) is 4. The van der Waals surface area contributed by atoms with Crippen LogP contribution in [0.15, 0.2) is 78.9 Å². The molecule has 4 saturated heterocycles. The molecule has 3 aromatic rings. The average molecular weight is 754 g/mol. The van der Waals surface area contributed by atoms with Crippen LogP contribution in [0.5, 0.6) is 0 Å². The predicted octanol–water partition coefficient (Wildman–Crippen LogP) is 8.22. The summed E-state index contributed by atoms with van der Waals surface area (Å²) in [7, 11) is -0.423. The number of hydrogen-bond donors (Lipinski definition) is 0. The van der Waals surface area contributed by atoms with E-state index in [9.17, 15) is 23.2 Å². The molecule has 4 heterocycles. The van der Waals surface area contributed by atoms with E-state index < -0.39 is 21.9 Å². The minimum atomic E-state index is -3.17. The minimum Gasteiger partial charge on any atom is -0.375 e. The number of alkyl halides is 2. The number of rotatable bonds is 7. The molecule has 4 nitrogen and oxygen atoms in total. The van der Waals surface area contributed by atoms with E-state index >= 15 is 0 Å². The van der Waals surface area contributed by atoms with E-state index in [1.165, 1.54) is 72.0 Å². The minimum absolute atomic E-state index is 0.117. The summed E-state index contributed by atoms with van der Waals surface area (Å²) in [5, 5.41) is -2.81. The Morgan fingerprint density at radius 3 is 2.02 bits per heavy atom. The van der Waals surface area contributed by atoms with E-state index in [1.54, 1.807) is 18.2 Å². The van der Waals surface area contributed by atoms with Crippen molar-refractivity contribution in [2.75, 3.05) is 47.7 Å². The highest BCUT2D eigenvalue weighted by Gasteiger charge is 2.58. The van der Waals surface area contributed by atoms with Gasteiger partial charge in [-0.3, -0.25) is 14.4 Å². The van der Waals surface area contributed by atoms with Crippen molar-refractivity contribution in [3.8, 4) is 0 Å². The second kappa shape index (κ2) is 17.6. The zero-order chi connectivity index (χ0) is 35.8. The Morgan fingerprint density at radius 2 is 1.37 bits per heavy atom. The lowest BCUT2D eigenvalue weighted by atomic mass is 9.90. The van der Waals surface area contributed by atoms with Gasteiger partial charge in [-0.2, -0.15) is 0 Å². The Balaban J connectivity index is 0.000000132. The lowest BCUT2D eigenvalue weighted by molar-refractivity contribution is 0.0554. The van der Waals surface area contributed by atoms with Crippen LogP contribution in [0.3, 0.4) is 0 Å². The molecule has 5 aliphatic rings. The molecule has 3 aromatic carbocycles. The lowest BCUT2D eigenvalue weighted by Crippen LogP contribution is -2.48. The van der Waals surface area contributed by atoms with Gasteiger partial charge in [0.25, 0.3) is 5.78 Å². The molecule has 8 rings (SSSR count). The Hall–Kier alpha value is -2.46. The SMILES string of the molecule is Cc1ccc(C(=O)C2([S+]3CCCC3)CCOC2)cc1.O=C(c1ccccc1)C(F)(F)[S+]1CCCC1.O=C1c2ccccc2CCC1[S+]1CCCC1. The molecule has 0 bridgehead atoms. The highest BCUT2D eigenvalue weighted by molar-refractivity contribution is 7.99. The molecular formula is C42H51F2O4S3+3. The largest absolute Gasteiger partial charge is 0.474 e. The highest BCUT2D eigenvalue weighted by Crippen LogP contribution is 2.38. The molecule has 0 aromatic heterocycles. The van der Waals surface area contributed by atoms with Gasteiger partial charge in [0.1, 0.15) is 41.1 Å². The molecule has 0 amide bonds. The molecule has 2 atom stereocenters. The summed E-state index contributed by atoms with van der Waals surface area (Å²) in [4.78, 5) is 37.1. The van der Waals surface area contributed by atoms with Crippen LogP contribution in [-0.4, -0.2) is 80.3 Å². The maximum atomic E-state index is 13.9. The molecule has 272 valence electrons. The van der Waals surface area contributed by atoms with Gasteiger partial charge in [-0.25, -0.2) is 0 Å². The normalized spacial score (nSPS) is 24.0. The van der Waals surface area contributed by atoms with Gasteiger partial charge < -0.3 is 4.74 Å². The average Bonchev–Trinajstić information content (AvgIpc) is 4.01. The van der Waals surface area contributed by atoms with Crippen molar-refractivity contribution in [2.45, 2.75) is 80.0 Å². The third kappa shape index (κ3) is 8.85. The first-order chi connectivity index (χ1) is 24.7. The lowest BCUT2D eigenvalue weighted by Gasteiger charge is -2.24. The quantitative estimate of drug-likeness (QED) is 0.180. The van der Waals surface area contributed by atoms with Crippen LogP contribution < -0.4 is 0 Å². The third-order valence-electron chi connectivity index (χ3n) is 10.7. The standard InChI is InChI=1S/C16H21O2S.C14H17OS.C12H13F2OS/c1-13-4-6-14(7-5-13)15(17)16(8-9-18-12-16)19-10-2-3-11-19;15-14-12-6-2-1-5-11(12)7-8-13(14)16-9-3-4-10-16;13-12(14,16-8-4-5-9-16)11(15)10-6-2-1-3-7-10/h4-7H,2-3,8-12H2,1H3;1-2,5-6,13H,3-4,7-10H2;1-3,6-7H,4-5,8-9H2/q3*+1. The summed E-state index contributed by atoms with van der Waals surface area (Å²) in [6, 6.07) is 24.1. The first kappa shape index (κ1) is 38.3. The van der Waals surface area contributed by atoms with Gasteiger partial charge in [-0.15, -0.1) is 8.78 Å². The predicted molar refractivity (Wildman–Crippen MR) is 211 cm³/mol. The molecule has 51 heavy (non-hydrogen) atoms. The summed E-state index contributed by atoms with van der Waals surface area (Å²) < 4.78 is 33.2. The van der Waals surface area contributed by atoms with Crippen molar-refractivity contribution in [2.24, 2.45) is 0 Å². The Labute approximate surface area is 310 Å². The van der Waals surface area contributed by atoms with Crippen molar-refractivity contribution < 1.29 is 27.9 Å². The van der Waals surface area contributed by atoms with Gasteiger partial charge in [-0.05, 0) is 68.3 Å². The van der Waals surface area contributed by atoms with Crippen LogP contribution in [0.2, 0.25) is 0 Å². The number of ether oxygens (including phenoxy) is 1. The van der Waals surface area contributed by atoms with E-state index in [0.29, 0.717) is 45.8 Å². The van der Waals surface area contributed by atoms with Crippen molar-refractivity contribution >= 4 is 50.0 Å². The Kier molecular flexibility index (Phi) is 13.2. The number of Topliss-reactive ketones (excluding diaryl/α,β-unsaturated/α-hetero) is 3. The smallest absolute Gasteiger partial charge is 0.375 e. The fourth-order valence-corrected chi connectivity index (χ4v) is 15.8. The van der Waals surface area contributed by atoms with Crippen LogP contribution in [0.4, 0.5) is 8.78 Å². The molecule has 0 spiro atoms. The molecule has 0 N–H and O–H groups in total. The second-order valence-electron chi connectivity index (χ2n) is 14.1. The van der Waals surface area contributed by atoms with Crippen LogP contribution in [-0.2, 0) is 43.8 Å². The summed E-state index contributed by atoms with van der Waals surface area (Å²) in [5.41, 5.74) is 4.48. The molecule has 4 aliphatic heterocycles. The number of fused-ring (bicyclic) bond motifs is 1. The van der Waals surface area contributed by atoms with E-state index in [1.807, 2.05) is 42.5 Å². The van der Waals surface area contributed by atoms with Crippen LogP contribution in [0.1, 0.15) is 93.6 Å². The summed E-state index contributed by atoms with van der Waals surface area (Å²) in [5.74, 6) is 5.79. The van der Waals surface area contributed by atoms with Gasteiger partial charge >= 0.3 is 5.25 Å². The Morgan fingerprint density at radius 1 is 0.765 bits per heavy atom. The van der Waals surface area contributed by atoms with Gasteiger partial charge in [0.05, 0.1) is 17.5 Å². The number of carbonyl (C=O) groups excluding carboxylic acids is 3. The molecule has 4 fully saturated rings. The van der Waals surface area contributed by atoms with E-state index in [-0.39, 0.29) is 21.2 Å². The fraction of sp³-hybridized carbons (Fsp3) is 0.500. The van der Waals surface area contributed by atoms with Crippen LogP contribution in [0.25, 0.3) is 0 Å². The number of halogens is 2. The van der Waals surface area contributed by atoms with Crippen molar-refractivity contribution in [1.82, 2.24) is 0 Å². The molecule has 2 unspecified atom stereocenters. The number of carbonyl (C=O) groups is 3. The number of benzene rings is 3. The van der Waals surface area contributed by atoms with Crippen molar-refractivity contribution in [1.29, 1.82) is 0 Å².